The number of aliphatic hydroxyl groups is 1. The number of aliphatic hydroxyl groups excluding tert-OH is 1. The molecule has 0 aliphatic carbocycles. The number of anilines is 3. The zero-order valence-electron chi connectivity index (χ0n) is 39.6. The van der Waals surface area contributed by atoms with Gasteiger partial charge in [-0.3, -0.25) is 39.1 Å². The van der Waals surface area contributed by atoms with Gasteiger partial charge in [0.25, 0.3) is 5.92 Å². The first kappa shape index (κ1) is 46.4. The van der Waals surface area contributed by atoms with Crippen LogP contribution >= 0.6 is 11.3 Å². The van der Waals surface area contributed by atoms with Crippen LogP contribution in [0.25, 0.3) is 22.0 Å². The predicted molar refractivity (Wildman–Crippen MR) is 262 cm³/mol. The van der Waals surface area contributed by atoms with Crippen LogP contribution in [0, 0.1) is 11.2 Å². The third-order valence-electron chi connectivity index (χ3n) is 15.9. The summed E-state index contributed by atoms with van der Waals surface area (Å²) >= 11 is 1.29. The number of rotatable bonds is 10. The highest BCUT2D eigenvalue weighted by Gasteiger charge is 2.49. The Morgan fingerprint density at radius 2 is 1.76 bits per heavy atom. The Kier molecular flexibility index (Phi) is 11.5. The fourth-order valence-electron chi connectivity index (χ4n) is 11.9. The number of hydrogen-bond donors (Lipinski definition) is 3. The highest BCUT2D eigenvalue weighted by atomic mass is 32.1. The number of amides is 5. The SMILES string of the molecule is Cn1nc(N2CCC(=O)NC2=O)c2ccc([C@H]3CCN(C(=O)CN4CCC5(CC4)CN(c4ccc(-c6cc(F)c7c(c6)C(O)N(C(C(=O)Nc6nccs6)c6ncn8c6CCC8)C7)cc4)C5)CC3(F)F)cc21. The van der Waals surface area contributed by atoms with Crippen molar-refractivity contribution >= 4 is 62.6 Å². The van der Waals surface area contributed by atoms with Crippen molar-refractivity contribution in [2.75, 3.05) is 67.5 Å². The molecule has 4 fully saturated rings. The van der Waals surface area contributed by atoms with Gasteiger partial charge in [0.2, 0.25) is 17.7 Å². The molecule has 6 aromatic rings. The second-order valence-corrected chi connectivity index (χ2v) is 21.1. The van der Waals surface area contributed by atoms with Gasteiger partial charge >= 0.3 is 6.03 Å². The van der Waals surface area contributed by atoms with E-state index < -0.39 is 48.4 Å². The summed E-state index contributed by atoms with van der Waals surface area (Å²) < 4.78 is 51.5. The molecule has 0 radical (unpaired) electrons. The van der Waals surface area contributed by atoms with Gasteiger partial charge in [0.15, 0.2) is 10.9 Å². The molecule has 17 nitrogen and oxygen atoms in total. The van der Waals surface area contributed by atoms with Gasteiger partial charge in [-0.1, -0.05) is 18.2 Å². The predicted octanol–water partition coefficient (Wildman–Crippen LogP) is 6.17. The van der Waals surface area contributed by atoms with Crippen LogP contribution < -0.4 is 20.4 Å². The van der Waals surface area contributed by atoms with E-state index in [4.69, 9.17) is 0 Å². The van der Waals surface area contributed by atoms with Gasteiger partial charge in [0.05, 0.1) is 36.5 Å². The number of benzene rings is 3. The summed E-state index contributed by atoms with van der Waals surface area (Å²) in [6.07, 6.45) is 5.77. The molecule has 0 bridgehead atoms. The minimum atomic E-state index is -3.16. The van der Waals surface area contributed by atoms with E-state index in [-0.39, 0.29) is 56.3 Å². The smallest absolute Gasteiger partial charge is 0.329 e. The summed E-state index contributed by atoms with van der Waals surface area (Å²) in [7, 11) is 1.69. The Bertz CT molecular complexity index is 3130. The molecule has 3 N–H and O–H groups in total. The van der Waals surface area contributed by atoms with Crippen LogP contribution in [0.4, 0.5) is 34.6 Å². The summed E-state index contributed by atoms with van der Waals surface area (Å²) in [5.41, 5.74) is 5.82. The first-order valence-electron chi connectivity index (χ1n) is 24.5. The van der Waals surface area contributed by atoms with Crippen molar-refractivity contribution in [1.82, 2.24) is 44.3 Å². The van der Waals surface area contributed by atoms with E-state index in [1.165, 1.54) is 27.2 Å². The van der Waals surface area contributed by atoms with E-state index in [0.717, 1.165) is 62.3 Å². The number of likely N-dealkylation sites (tertiary alicyclic amines) is 2. The number of aromatic nitrogens is 5. The number of halogens is 3. The van der Waals surface area contributed by atoms with E-state index in [1.54, 1.807) is 52.7 Å². The molecule has 3 aromatic carbocycles. The van der Waals surface area contributed by atoms with Crippen LogP contribution in [0.5, 0.6) is 0 Å². The summed E-state index contributed by atoms with van der Waals surface area (Å²) in [5, 5.41) is 24.3. The van der Waals surface area contributed by atoms with Crippen molar-refractivity contribution in [1.29, 1.82) is 0 Å². The lowest BCUT2D eigenvalue weighted by Crippen LogP contribution is -2.61. The number of thiazole rings is 1. The van der Waals surface area contributed by atoms with Gasteiger partial charge < -0.3 is 24.8 Å². The van der Waals surface area contributed by atoms with Crippen molar-refractivity contribution in [3.8, 4) is 11.1 Å². The van der Waals surface area contributed by atoms with Gasteiger partial charge in [-0.05, 0) is 98.3 Å². The number of carbonyl (C=O) groups is 4. The van der Waals surface area contributed by atoms with Crippen LogP contribution in [-0.4, -0.2) is 126 Å². The Labute approximate surface area is 416 Å². The average Bonchev–Trinajstić information content (AvgIpc) is 4.21. The molecule has 72 heavy (non-hydrogen) atoms. The highest BCUT2D eigenvalue weighted by molar-refractivity contribution is 7.13. The largest absolute Gasteiger partial charge is 0.374 e. The molecule has 12 rings (SSSR count). The average molecular weight is 1000 g/mol. The number of alkyl halides is 2. The fraction of sp³-hybridized carbons (Fsp3) is 0.431. The lowest BCUT2D eigenvalue weighted by Gasteiger charge is -2.55. The first-order valence-corrected chi connectivity index (χ1v) is 25.4. The molecule has 21 heteroatoms. The third kappa shape index (κ3) is 8.19. The summed E-state index contributed by atoms with van der Waals surface area (Å²) in [4.78, 5) is 69.2. The summed E-state index contributed by atoms with van der Waals surface area (Å²) in [5.74, 6) is -5.40. The molecular weight excluding hydrogens is 950 g/mol. The molecule has 6 aliphatic heterocycles. The topological polar surface area (TPSA) is 177 Å². The normalized spacial score (nSPS) is 22.3. The minimum absolute atomic E-state index is 0.0257. The maximum absolute atomic E-state index is 16.0. The van der Waals surface area contributed by atoms with Gasteiger partial charge in [-0.15, -0.1) is 11.3 Å². The zero-order chi connectivity index (χ0) is 49.6. The number of hydrogen-bond acceptors (Lipinski definition) is 12. The Balaban J connectivity index is 0.643. The van der Waals surface area contributed by atoms with E-state index in [0.29, 0.717) is 62.9 Å². The molecule has 6 aliphatic rings. The number of carbonyl (C=O) groups excluding carboxylic acids is 4. The number of nitrogens with zero attached hydrogens (tertiary/aromatic N) is 10. The van der Waals surface area contributed by atoms with Gasteiger partial charge in [-0.2, -0.15) is 5.10 Å². The number of piperidine rings is 2. The van der Waals surface area contributed by atoms with Crippen molar-refractivity contribution < 1.29 is 37.5 Å². The maximum atomic E-state index is 16.0. The van der Waals surface area contributed by atoms with Crippen LogP contribution in [0.15, 0.2) is 72.5 Å². The lowest BCUT2D eigenvalue weighted by molar-refractivity contribution is -0.146. The number of imidazole rings is 1. The van der Waals surface area contributed by atoms with Crippen molar-refractivity contribution in [2.24, 2.45) is 12.5 Å². The van der Waals surface area contributed by atoms with Gasteiger partial charge in [-0.25, -0.2) is 27.9 Å². The molecule has 3 aromatic heterocycles. The molecule has 374 valence electrons. The van der Waals surface area contributed by atoms with Gasteiger partial charge in [0, 0.05) is 97.6 Å². The van der Waals surface area contributed by atoms with Crippen LogP contribution in [0.1, 0.15) is 78.4 Å². The van der Waals surface area contributed by atoms with Crippen LogP contribution in [0.2, 0.25) is 0 Å². The van der Waals surface area contributed by atoms with Crippen molar-refractivity contribution in [3.63, 3.8) is 0 Å². The maximum Gasteiger partial charge on any atom is 0.329 e. The molecule has 2 unspecified atom stereocenters. The zero-order valence-corrected chi connectivity index (χ0v) is 40.4. The second kappa shape index (κ2) is 17.8. The Morgan fingerprint density at radius 1 is 0.958 bits per heavy atom. The number of fused-ring (bicyclic) bond motifs is 3. The second-order valence-electron chi connectivity index (χ2n) is 20.2. The molecule has 0 saturated carbocycles. The number of urea groups is 1. The van der Waals surface area contributed by atoms with E-state index in [1.807, 2.05) is 34.9 Å². The van der Waals surface area contributed by atoms with Crippen molar-refractivity contribution in [2.45, 2.75) is 75.7 Å². The quantitative estimate of drug-likeness (QED) is 0.143. The molecule has 1 spiro atoms. The fourth-order valence-corrected chi connectivity index (χ4v) is 12.5. The Morgan fingerprint density at radius 3 is 2.51 bits per heavy atom. The summed E-state index contributed by atoms with van der Waals surface area (Å²) in [6.45, 7) is 3.74. The van der Waals surface area contributed by atoms with Crippen molar-refractivity contribution in [3.05, 3.63) is 106 Å². The van der Waals surface area contributed by atoms with Gasteiger partial charge in [0.1, 0.15) is 18.1 Å². The first-order chi connectivity index (χ1) is 34.7. The summed E-state index contributed by atoms with van der Waals surface area (Å²) in [6, 6.07) is 14.8. The molecular formula is C51H53F3N12O5S. The molecule has 3 atom stereocenters. The molecule has 9 heterocycles. The minimum Gasteiger partial charge on any atom is -0.374 e. The molecule has 5 amide bonds. The van der Waals surface area contributed by atoms with Crippen LogP contribution in [-0.2, 0) is 40.9 Å². The Hall–Kier alpha value is -6.68. The van der Waals surface area contributed by atoms with E-state index in [9.17, 15) is 24.3 Å². The molecule has 4 saturated heterocycles. The van der Waals surface area contributed by atoms with E-state index in [2.05, 4.69) is 35.5 Å². The monoisotopic (exact) mass is 1000 g/mol. The van der Waals surface area contributed by atoms with E-state index >= 15 is 13.2 Å². The number of aryl methyl sites for hydroxylation is 2. The third-order valence-corrected chi connectivity index (χ3v) is 16.6. The number of imide groups is 1. The van der Waals surface area contributed by atoms with Crippen LogP contribution in [0.3, 0.4) is 0 Å². The highest BCUT2D eigenvalue weighted by Crippen LogP contribution is 2.46. The lowest BCUT2D eigenvalue weighted by atomic mass is 9.71. The number of nitrogens with one attached hydrogen (secondary N) is 2. The standard InChI is InChI=1S/C51H53F3N12O5S/c1-60-40-23-31(6-9-34(40)45(59-60)65-17-11-41(67)57-49(65)71)37-10-16-62(28-51(37,53)54)42(68)25-61-18-12-50(13-19-61)26-64(27-50)33-7-4-30(5-8-33)32-21-35-36(38(52)22-32)24-66(47(35)70)44(46(69)58-48-55-14-20-72-48)43-39-3-2-15-63(39)29-56-43/h4-9,14,20-23,29,37,44,47,70H,2-3,10-13,15-19,24-28H2,1H3,(H,55,58,69)(H,57,67,71)/t37-,44?,47?/m1/s1.